The zero-order valence-electron chi connectivity index (χ0n) is 11.2. The maximum absolute atomic E-state index is 13.4. The van der Waals surface area contributed by atoms with Gasteiger partial charge in [-0.1, -0.05) is 12.1 Å². The number of thiophene rings is 1. The predicted octanol–water partition coefficient (Wildman–Crippen LogP) is 4.49. The van der Waals surface area contributed by atoms with Crippen LogP contribution in [0.4, 0.5) is 14.6 Å². The Balaban J connectivity index is 2.22. The van der Waals surface area contributed by atoms with E-state index < -0.39 is 11.6 Å². The zero-order chi connectivity index (χ0) is 15.0. The Kier molecular flexibility index (Phi) is 3.47. The molecule has 2 N–H and O–H groups in total. The molecule has 0 atom stereocenters. The Morgan fingerprint density at radius 1 is 1.24 bits per heavy atom. The average Bonchev–Trinajstić information content (AvgIpc) is 3.02. The largest absolute Gasteiger partial charge is 0.380 e. The van der Waals surface area contributed by atoms with E-state index in [4.69, 9.17) is 10.3 Å². The van der Waals surface area contributed by atoms with Crippen molar-refractivity contribution < 1.29 is 13.3 Å². The van der Waals surface area contributed by atoms with E-state index in [-0.39, 0.29) is 5.82 Å². The van der Waals surface area contributed by atoms with Crippen molar-refractivity contribution in [1.82, 2.24) is 5.16 Å². The van der Waals surface area contributed by atoms with Crippen LogP contribution in [-0.2, 0) is 6.42 Å². The lowest BCUT2D eigenvalue weighted by Crippen LogP contribution is -1.91. The highest BCUT2D eigenvalue weighted by Crippen LogP contribution is 2.40. The minimum atomic E-state index is -0.668. The number of anilines is 1. The minimum absolute atomic E-state index is 0.116. The fourth-order valence-electron chi connectivity index (χ4n) is 2.25. The first kappa shape index (κ1) is 13.8. The maximum Gasteiger partial charge on any atom is 0.187 e. The Morgan fingerprint density at radius 3 is 2.62 bits per heavy atom. The van der Waals surface area contributed by atoms with Crippen LogP contribution in [0, 0.1) is 11.6 Å². The van der Waals surface area contributed by atoms with E-state index in [0.29, 0.717) is 16.9 Å². The topological polar surface area (TPSA) is 52.0 Å². The van der Waals surface area contributed by atoms with Crippen LogP contribution in [0.1, 0.15) is 12.5 Å². The molecule has 2 aromatic heterocycles. The smallest absolute Gasteiger partial charge is 0.187 e. The molecule has 2 heterocycles. The molecule has 1 aromatic carbocycles. The standard InChI is InChI=1S/C15H12F2N2OS/c1-2-8-3-4-21-14(8)13-12(15(18)19-20-13)9-5-10(16)7-11(17)6-9/h3-7H,2H2,1H3,(H2,18,19). The number of rotatable bonds is 3. The lowest BCUT2D eigenvalue weighted by Gasteiger charge is -2.04. The number of aromatic nitrogens is 1. The van der Waals surface area contributed by atoms with E-state index in [1.807, 2.05) is 18.4 Å². The van der Waals surface area contributed by atoms with Crippen LogP contribution >= 0.6 is 11.3 Å². The third-order valence-corrected chi connectivity index (χ3v) is 4.16. The van der Waals surface area contributed by atoms with Gasteiger partial charge in [-0.25, -0.2) is 8.78 Å². The number of nitrogen functional groups attached to an aromatic ring is 1. The van der Waals surface area contributed by atoms with Gasteiger partial charge in [0.2, 0.25) is 0 Å². The summed E-state index contributed by atoms with van der Waals surface area (Å²) in [5.41, 5.74) is 7.64. The second-order valence-corrected chi connectivity index (χ2v) is 5.47. The van der Waals surface area contributed by atoms with Gasteiger partial charge in [0.05, 0.1) is 10.4 Å². The molecule has 0 radical (unpaired) electrons. The fraction of sp³-hybridized carbons (Fsp3) is 0.133. The van der Waals surface area contributed by atoms with Crippen LogP contribution < -0.4 is 5.73 Å². The summed E-state index contributed by atoms with van der Waals surface area (Å²) in [6.07, 6.45) is 0.816. The molecule has 0 fully saturated rings. The van der Waals surface area contributed by atoms with Gasteiger partial charge in [-0.05, 0) is 41.1 Å². The molecule has 0 bridgehead atoms. The summed E-state index contributed by atoms with van der Waals surface area (Å²) in [6.45, 7) is 2.02. The highest BCUT2D eigenvalue weighted by Gasteiger charge is 2.21. The first-order chi connectivity index (χ1) is 10.1. The predicted molar refractivity (Wildman–Crippen MR) is 79.0 cm³/mol. The third-order valence-electron chi connectivity index (χ3n) is 3.20. The van der Waals surface area contributed by atoms with Crippen molar-refractivity contribution in [2.75, 3.05) is 5.73 Å². The first-order valence-corrected chi connectivity index (χ1v) is 7.26. The van der Waals surface area contributed by atoms with Crippen molar-refractivity contribution in [3.63, 3.8) is 0 Å². The van der Waals surface area contributed by atoms with E-state index in [1.165, 1.54) is 23.5 Å². The normalized spacial score (nSPS) is 11.0. The summed E-state index contributed by atoms with van der Waals surface area (Å²) in [4.78, 5) is 0.876. The molecule has 3 nitrogen and oxygen atoms in total. The number of nitrogens with two attached hydrogens (primary N) is 1. The number of nitrogens with zero attached hydrogens (tertiary/aromatic N) is 1. The van der Waals surface area contributed by atoms with Crippen LogP contribution in [0.25, 0.3) is 21.8 Å². The summed E-state index contributed by atoms with van der Waals surface area (Å²) < 4.78 is 32.2. The summed E-state index contributed by atoms with van der Waals surface area (Å²) in [7, 11) is 0. The average molecular weight is 306 g/mol. The first-order valence-electron chi connectivity index (χ1n) is 6.38. The molecule has 108 valence electrons. The van der Waals surface area contributed by atoms with Crippen LogP contribution in [-0.4, -0.2) is 5.16 Å². The van der Waals surface area contributed by atoms with Crippen LogP contribution in [0.2, 0.25) is 0 Å². The number of hydrogen-bond acceptors (Lipinski definition) is 4. The van der Waals surface area contributed by atoms with Crippen LogP contribution in [0.15, 0.2) is 34.2 Å². The molecular weight excluding hydrogens is 294 g/mol. The van der Waals surface area contributed by atoms with Crippen LogP contribution in [0.3, 0.4) is 0 Å². The fourth-order valence-corrected chi connectivity index (χ4v) is 3.23. The monoisotopic (exact) mass is 306 g/mol. The Bertz CT molecular complexity index is 775. The van der Waals surface area contributed by atoms with Gasteiger partial charge >= 0.3 is 0 Å². The van der Waals surface area contributed by atoms with E-state index >= 15 is 0 Å². The molecule has 0 aliphatic rings. The number of benzene rings is 1. The van der Waals surface area contributed by atoms with Crippen molar-refractivity contribution in [3.05, 3.63) is 46.8 Å². The Labute approximate surface area is 124 Å². The SMILES string of the molecule is CCc1ccsc1-c1onc(N)c1-c1cc(F)cc(F)c1. The third kappa shape index (κ3) is 2.42. The molecule has 0 aliphatic heterocycles. The summed E-state index contributed by atoms with van der Waals surface area (Å²) in [5, 5.41) is 5.68. The minimum Gasteiger partial charge on any atom is -0.380 e. The van der Waals surface area contributed by atoms with Crippen molar-refractivity contribution in [3.8, 4) is 21.8 Å². The van der Waals surface area contributed by atoms with Crippen LogP contribution in [0.5, 0.6) is 0 Å². The number of hydrogen-bond donors (Lipinski definition) is 1. The quantitative estimate of drug-likeness (QED) is 0.775. The van der Waals surface area contributed by atoms with E-state index in [2.05, 4.69) is 5.16 Å². The molecule has 0 unspecified atom stereocenters. The van der Waals surface area contributed by atoms with Crippen molar-refractivity contribution in [2.24, 2.45) is 0 Å². The highest BCUT2D eigenvalue weighted by molar-refractivity contribution is 7.13. The molecule has 3 rings (SSSR count). The summed E-state index contributed by atoms with van der Waals surface area (Å²) in [5.74, 6) is -0.772. The summed E-state index contributed by atoms with van der Waals surface area (Å²) >= 11 is 1.48. The second kappa shape index (κ2) is 5.29. The second-order valence-electron chi connectivity index (χ2n) is 4.56. The molecule has 21 heavy (non-hydrogen) atoms. The van der Waals surface area contributed by atoms with Gasteiger partial charge in [0, 0.05) is 6.07 Å². The molecule has 0 saturated carbocycles. The molecule has 0 amide bonds. The molecule has 6 heteroatoms. The molecule has 0 aliphatic carbocycles. The molecule has 3 aromatic rings. The van der Waals surface area contributed by atoms with Gasteiger partial charge in [0.1, 0.15) is 11.6 Å². The number of aryl methyl sites for hydroxylation is 1. The molecular formula is C15H12F2N2OS. The maximum atomic E-state index is 13.4. The van der Waals surface area contributed by atoms with Crippen molar-refractivity contribution >= 4 is 17.2 Å². The van der Waals surface area contributed by atoms with Gasteiger partial charge in [-0.3, -0.25) is 0 Å². The van der Waals surface area contributed by atoms with Crippen molar-refractivity contribution in [2.45, 2.75) is 13.3 Å². The molecule has 0 saturated heterocycles. The van der Waals surface area contributed by atoms with Gasteiger partial charge in [-0.2, -0.15) is 0 Å². The lowest BCUT2D eigenvalue weighted by molar-refractivity contribution is 0.436. The van der Waals surface area contributed by atoms with Gasteiger partial charge in [-0.15, -0.1) is 11.3 Å². The Hall–Kier alpha value is -2.21. The van der Waals surface area contributed by atoms with E-state index in [9.17, 15) is 8.78 Å². The van der Waals surface area contributed by atoms with E-state index in [1.54, 1.807) is 0 Å². The van der Waals surface area contributed by atoms with Crippen molar-refractivity contribution in [1.29, 1.82) is 0 Å². The van der Waals surface area contributed by atoms with Gasteiger partial charge < -0.3 is 10.3 Å². The van der Waals surface area contributed by atoms with E-state index in [0.717, 1.165) is 22.9 Å². The lowest BCUT2D eigenvalue weighted by atomic mass is 10.0. The highest BCUT2D eigenvalue weighted by atomic mass is 32.1. The molecule has 0 spiro atoms. The van der Waals surface area contributed by atoms with Gasteiger partial charge in [0.25, 0.3) is 0 Å². The van der Waals surface area contributed by atoms with Gasteiger partial charge in [0.15, 0.2) is 11.6 Å². The summed E-state index contributed by atoms with van der Waals surface area (Å²) in [6, 6.07) is 5.23. The number of halogens is 2. The Morgan fingerprint density at radius 2 is 1.95 bits per heavy atom. The zero-order valence-corrected chi connectivity index (χ0v) is 12.0.